The second-order valence-corrected chi connectivity index (χ2v) is 1.96. The standard InChI is InChI=1S/C5H5ClN2O/c6-4-2-1-3-8(9)5(4)7/h1-3,7,9H. The maximum Gasteiger partial charge on any atom is 0.179 e. The third-order valence-corrected chi connectivity index (χ3v) is 1.23. The van der Waals surface area contributed by atoms with E-state index >= 15 is 0 Å². The normalized spacial score (nSPS) is 9.44. The molecule has 2 N–H and O–H groups in total. The van der Waals surface area contributed by atoms with Gasteiger partial charge in [-0.2, -0.15) is 4.73 Å². The van der Waals surface area contributed by atoms with E-state index in [9.17, 15) is 0 Å². The maximum atomic E-state index is 8.74. The minimum absolute atomic E-state index is 0.0980. The summed E-state index contributed by atoms with van der Waals surface area (Å²) in [6.07, 6.45) is 1.34. The van der Waals surface area contributed by atoms with Crippen molar-refractivity contribution < 1.29 is 5.21 Å². The summed E-state index contributed by atoms with van der Waals surface area (Å²) in [5.74, 6) is 0. The first-order valence-corrected chi connectivity index (χ1v) is 2.70. The molecule has 0 saturated heterocycles. The molecule has 0 fully saturated rings. The van der Waals surface area contributed by atoms with Gasteiger partial charge in [0.15, 0.2) is 5.49 Å². The molecular formula is C5H5ClN2O. The van der Waals surface area contributed by atoms with Crippen molar-refractivity contribution in [2.75, 3.05) is 0 Å². The first kappa shape index (κ1) is 6.16. The lowest BCUT2D eigenvalue weighted by molar-refractivity contribution is 0.170. The highest BCUT2D eigenvalue weighted by atomic mass is 35.5. The van der Waals surface area contributed by atoms with Gasteiger partial charge in [0.05, 0.1) is 5.02 Å². The fourth-order valence-corrected chi connectivity index (χ4v) is 0.631. The maximum absolute atomic E-state index is 8.74. The molecule has 0 aliphatic heterocycles. The van der Waals surface area contributed by atoms with Crippen LogP contribution in [0.15, 0.2) is 18.3 Å². The topological polar surface area (TPSA) is 49.0 Å². The summed E-state index contributed by atoms with van der Waals surface area (Å²) < 4.78 is 0.655. The number of nitrogens with one attached hydrogen (secondary N) is 1. The van der Waals surface area contributed by atoms with Gasteiger partial charge in [0.2, 0.25) is 0 Å². The first-order chi connectivity index (χ1) is 4.22. The zero-order chi connectivity index (χ0) is 6.85. The SMILES string of the molecule is N=c1c(Cl)cccn1O. The molecule has 1 aromatic heterocycles. The molecule has 4 heteroatoms. The summed E-state index contributed by atoms with van der Waals surface area (Å²) >= 11 is 5.45. The van der Waals surface area contributed by atoms with Crippen LogP contribution in [0.2, 0.25) is 5.02 Å². The molecule has 0 unspecified atom stereocenters. The largest absolute Gasteiger partial charge is 0.427 e. The van der Waals surface area contributed by atoms with Crippen LogP contribution in [-0.2, 0) is 0 Å². The van der Waals surface area contributed by atoms with E-state index in [1.54, 1.807) is 6.07 Å². The minimum atomic E-state index is -0.0980. The molecule has 0 amide bonds. The second-order valence-electron chi connectivity index (χ2n) is 1.55. The number of pyridine rings is 1. The van der Waals surface area contributed by atoms with Crippen LogP contribution in [0.3, 0.4) is 0 Å². The Morgan fingerprint density at radius 2 is 2.33 bits per heavy atom. The predicted molar refractivity (Wildman–Crippen MR) is 32.5 cm³/mol. The number of halogens is 1. The van der Waals surface area contributed by atoms with E-state index in [1.165, 1.54) is 12.3 Å². The lowest BCUT2D eigenvalue weighted by Gasteiger charge is -1.94. The molecule has 0 aliphatic rings. The van der Waals surface area contributed by atoms with Gasteiger partial charge in [0.1, 0.15) is 0 Å². The molecule has 0 radical (unpaired) electrons. The van der Waals surface area contributed by atoms with Gasteiger partial charge < -0.3 is 5.21 Å². The molecule has 9 heavy (non-hydrogen) atoms. The molecule has 0 aromatic carbocycles. The molecular weight excluding hydrogens is 140 g/mol. The van der Waals surface area contributed by atoms with Gasteiger partial charge >= 0.3 is 0 Å². The van der Waals surface area contributed by atoms with Crippen molar-refractivity contribution >= 4 is 11.6 Å². The van der Waals surface area contributed by atoms with Crippen molar-refractivity contribution in [1.82, 2.24) is 4.73 Å². The Balaban J connectivity index is 3.43. The Kier molecular flexibility index (Phi) is 1.44. The molecule has 0 spiro atoms. The number of hydrogen-bond acceptors (Lipinski definition) is 2. The second kappa shape index (κ2) is 2.11. The van der Waals surface area contributed by atoms with Gasteiger partial charge in [-0.15, -0.1) is 0 Å². The number of rotatable bonds is 0. The average molecular weight is 145 g/mol. The lowest BCUT2D eigenvalue weighted by Crippen LogP contribution is -2.16. The highest BCUT2D eigenvalue weighted by Gasteiger charge is 1.90. The molecule has 1 heterocycles. The summed E-state index contributed by atoms with van der Waals surface area (Å²) in [6, 6.07) is 3.09. The highest BCUT2D eigenvalue weighted by Crippen LogP contribution is 1.96. The highest BCUT2D eigenvalue weighted by molar-refractivity contribution is 6.30. The number of aromatic nitrogens is 1. The quantitative estimate of drug-likeness (QED) is 0.522. The predicted octanol–water partition coefficient (Wildman–Crippen LogP) is 0.858. The summed E-state index contributed by atoms with van der Waals surface area (Å²) in [5.41, 5.74) is -0.0980. The van der Waals surface area contributed by atoms with E-state index in [2.05, 4.69) is 0 Å². The fraction of sp³-hybridized carbons (Fsp3) is 0. The van der Waals surface area contributed by atoms with E-state index in [0.717, 1.165) is 0 Å². The van der Waals surface area contributed by atoms with Crippen LogP contribution >= 0.6 is 11.6 Å². The smallest absolute Gasteiger partial charge is 0.179 e. The van der Waals surface area contributed by atoms with Gasteiger partial charge in [0, 0.05) is 6.20 Å². The summed E-state index contributed by atoms with van der Waals surface area (Å²) in [4.78, 5) is 0. The lowest BCUT2D eigenvalue weighted by atomic mass is 10.5. The van der Waals surface area contributed by atoms with Crippen molar-refractivity contribution in [2.45, 2.75) is 0 Å². The summed E-state index contributed by atoms with van der Waals surface area (Å²) in [7, 11) is 0. The zero-order valence-corrected chi connectivity index (χ0v) is 5.26. The molecule has 1 rings (SSSR count). The van der Waals surface area contributed by atoms with Crippen LogP contribution < -0.4 is 5.49 Å². The van der Waals surface area contributed by atoms with Crippen molar-refractivity contribution in [1.29, 1.82) is 5.41 Å². The van der Waals surface area contributed by atoms with Crippen molar-refractivity contribution in [3.05, 3.63) is 28.8 Å². The first-order valence-electron chi connectivity index (χ1n) is 2.33. The van der Waals surface area contributed by atoms with E-state index in [4.69, 9.17) is 22.2 Å². The molecule has 1 aromatic rings. The van der Waals surface area contributed by atoms with Crippen LogP contribution in [0.4, 0.5) is 0 Å². The van der Waals surface area contributed by atoms with Crippen LogP contribution in [0, 0.1) is 5.41 Å². The average Bonchev–Trinajstić information content (AvgIpc) is 1.83. The Labute approximate surface area is 56.6 Å². The van der Waals surface area contributed by atoms with Gasteiger partial charge in [-0.05, 0) is 12.1 Å². The van der Waals surface area contributed by atoms with E-state index in [1.807, 2.05) is 0 Å². The van der Waals surface area contributed by atoms with E-state index < -0.39 is 0 Å². The van der Waals surface area contributed by atoms with Crippen molar-refractivity contribution in [3.8, 4) is 0 Å². The molecule has 0 saturated carbocycles. The Hall–Kier alpha value is -0.960. The van der Waals surface area contributed by atoms with Crippen LogP contribution in [0.5, 0.6) is 0 Å². The molecule has 48 valence electrons. The Morgan fingerprint density at radius 3 is 2.78 bits per heavy atom. The monoisotopic (exact) mass is 144 g/mol. The van der Waals surface area contributed by atoms with Gasteiger partial charge in [-0.25, -0.2) is 0 Å². The molecule has 3 nitrogen and oxygen atoms in total. The summed E-state index contributed by atoms with van der Waals surface area (Å²) in [5, 5.41) is 16.0. The van der Waals surface area contributed by atoms with Crippen LogP contribution in [0.1, 0.15) is 0 Å². The van der Waals surface area contributed by atoms with Crippen molar-refractivity contribution in [2.24, 2.45) is 0 Å². The fourth-order valence-electron chi connectivity index (χ4n) is 0.472. The molecule has 0 bridgehead atoms. The minimum Gasteiger partial charge on any atom is -0.427 e. The Morgan fingerprint density at radius 1 is 1.67 bits per heavy atom. The van der Waals surface area contributed by atoms with Gasteiger partial charge in [-0.1, -0.05) is 11.6 Å². The van der Waals surface area contributed by atoms with Crippen LogP contribution in [0.25, 0.3) is 0 Å². The zero-order valence-electron chi connectivity index (χ0n) is 4.50. The third kappa shape index (κ3) is 1.05. The van der Waals surface area contributed by atoms with Crippen molar-refractivity contribution in [3.63, 3.8) is 0 Å². The third-order valence-electron chi connectivity index (χ3n) is 0.925. The van der Waals surface area contributed by atoms with E-state index in [-0.39, 0.29) is 10.5 Å². The van der Waals surface area contributed by atoms with Crippen LogP contribution in [-0.4, -0.2) is 9.94 Å². The number of hydrogen-bond donors (Lipinski definition) is 2. The van der Waals surface area contributed by atoms with Gasteiger partial charge in [0.25, 0.3) is 0 Å². The summed E-state index contributed by atoms with van der Waals surface area (Å²) in [6.45, 7) is 0. The number of nitrogens with zero attached hydrogens (tertiary/aromatic N) is 1. The van der Waals surface area contributed by atoms with E-state index in [0.29, 0.717) is 4.73 Å². The molecule has 0 atom stereocenters. The Bertz CT molecular complexity index is 245. The molecule has 0 aliphatic carbocycles. The van der Waals surface area contributed by atoms with Gasteiger partial charge in [-0.3, -0.25) is 5.41 Å².